The fraction of sp³-hybridized carbons (Fsp3) is 0.273. The molecule has 1 aliphatic heterocycles. The third-order valence-corrected chi connectivity index (χ3v) is 6.31. The van der Waals surface area contributed by atoms with E-state index in [1.807, 2.05) is 49.4 Å². The molecule has 0 fully saturated rings. The Labute approximate surface area is 172 Å². The number of allylic oxidation sites excluding steroid dienone is 2. The lowest BCUT2D eigenvalue weighted by molar-refractivity contribution is -0.119. The van der Waals surface area contributed by atoms with Crippen LogP contribution in [0.3, 0.4) is 0 Å². The molecule has 0 spiro atoms. The van der Waals surface area contributed by atoms with E-state index >= 15 is 0 Å². The van der Waals surface area contributed by atoms with E-state index in [2.05, 4.69) is 15.9 Å². The van der Waals surface area contributed by atoms with Gasteiger partial charge in [-0.15, -0.1) is 0 Å². The molecule has 2 aromatic carbocycles. The minimum atomic E-state index is -0.187. The molecule has 1 amide bonds. The highest BCUT2D eigenvalue weighted by atomic mass is 79.9. The fourth-order valence-corrected chi connectivity index (χ4v) is 4.71. The van der Waals surface area contributed by atoms with Crippen molar-refractivity contribution in [1.29, 1.82) is 0 Å². The Morgan fingerprint density at radius 3 is 2.67 bits per heavy atom. The number of carbonyl (C=O) groups excluding carboxylic acids is 2. The molecule has 2 aromatic rings. The fourth-order valence-electron chi connectivity index (χ4n) is 4.12. The third-order valence-electron chi connectivity index (χ3n) is 5.41. The van der Waals surface area contributed by atoms with E-state index in [-0.39, 0.29) is 24.0 Å². The Hall–Kier alpha value is -1.91. The number of halogens is 2. The van der Waals surface area contributed by atoms with E-state index in [9.17, 15) is 9.59 Å². The molecule has 4 rings (SSSR count). The summed E-state index contributed by atoms with van der Waals surface area (Å²) in [5, 5.41) is 0.624. The Morgan fingerprint density at radius 2 is 1.89 bits per heavy atom. The van der Waals surface area contributed by atoms with Crippen molar-refractivity contribution in [3.05, 3.63) is 74.4 Å². The molecule has 0 bridgehead atoms. The topological polar surface area (TPSA) is 37.4 Å². The average Bonchev–Trinajstić information content (AvgIpc) is 2.64. The zero-order valence-corrected chi connectivity index (χ0v) is 17.3. The molecule has 1 atom stereocenters. The van der Waals surface area contributed by atoms with Crippen molar-refractivity contribution in [3.8, 4) is 0 Å². The number of hydrogen-bond donors (Lipinski definition) is 0. The van der Waals surface area contributed by atoms with Gasteiger partial charge in [0.05, 0.1) is 5.69 Å². The van der Waals surface area contributed by atoms with Crippen LogP contribution in [0.5, 0.6) is 0 Å². The summed E-state index contributed by atoms with van der Waals surface area (Å²) in [5.41, 5.74) is 4.28. The van der Waals surface area contributed by atoms with Gasteiger partial charge in [-0.1, -0.05) is 45.7 Å². The lowest BCUT2D eigenvalue weighted by Gasteiger charge is -2.39. The van der Waals surface area contributed by atoms with Crippen molar-refractivity contribution in [1.82, 2.24) is 0 Å². The molecule has 0 saturated heterocycles. The van der Waals surface area contributed by atoms with E-state index in [4.69, 9.17) is 11.6 Å². The summed E-state index contributed by atoms with van der Waals surface area (Å²) in [7, 11) is 0. The smallest absolute Gasteiger partial charge is 0.232 e. The Morgan fingerprint density at radius 1 is 1.11 bits per heavy atom. The van der Waals surface area contributed by atoms with Crippen molar-refractivity contribution in [2.24, 2.45) is 0 Å². The second kappa shape index (κ2) is 7.25. The molecule has 2 aliphatic rings. The van der Waals surface area contributed by atoms with Crippen LogP contribution in [0.1, 0.15) is 42.7 Å². The molecular formula is C22H19BrClNO2. The van der Waals surface area contributed by atoms with E-state index in [0.717, 1.165) is 45.4 Å². The number of hydrogen-bond acceptors (Lipinski definition) is 2. The van der Waals surface area contributed by atoms with Crippen LogP contribution < -0.4 is 4.90 Å². The van der Waals surface area contributed by atoms with Gasteiger partial charge in [-0.2, -0.15) is 0 Å². The van der Waals surface area contributed by atoms with Crippen LogP contribution in [0, 0.1) is 6.92 Å². The summed E-state index contributed by atoms with van der Waals surface area (Å²) >= 11 is 9.80. The number of ketones is 1. The second-order valence-electron chi connectivity index (χ2n) is 7.06. The third kappa shape index (κ3) is 3.26. The van der Waals surface area contributed by atoms with Crippen molar-refractivity contribution < 1.29 is 9.59 Å². The largest absolute Gasteiger partial charge is 0.294 e. The van der Waals surface area contributed by atoms with Crippen molar-refractivity contribution in [3.63, 3.8) is 0 Å². The molecule has 1 heterocycles. The number of anilines is 1. The monoisotopic (exact) mass is 443 g/mol. The first-order valence-electron chi connectivity index (χ1n) is 9.07. The molecule has 0 N–H and O–H groups in total. The summed E-state index contributed by atoms with van der Waals surface area (Å²) < 4.78 is 0.950. The SMILES string of the molecule is Cc1c(Cl)cccc1N1C(=O)CC(c2cccc(Br)c2)C2=C1CCCC2=O. The van der Waals surface area contributed by atoms with Gasteiger partial charge in [-0.05, 0) is 55.2 Å². The summed E-state index contributed by atoms with van der Waals surface area (Å²) in [6.45, 7) is 1.91. The van der Waals surface area contributed by atoms with Crippen molar-refractivity contribution in [2.45, 2.75) is 38.5 Å². The minimum absolute atomic E-state index is 0.0128. The highest BCUT2D eigenvalue weighted by Crippen LogP contribution is 2.44. The quantitative estimate of drug-likeness (QED) is 0.575. The van der Waals surface area contributed by atoms with E-state index in [1.54, 1.807) is 4.90 Å². The summed E-state index contributed by atoms with van der Waals surface area (Å²) in [6, 6.07) is 13.5. The first kappa shape index (κ1) is 18.5. The summed E-state index contributed by atoms with van der Waals surface area (Å²) in [6.07, 6.45) is 2.32. The Kier molecular flexibility index (Phi) is 4.95. The number of amides is 1. The zero-order valence-electron chi connectivity index (χ0n) is 15.0. The molecule has 138 valence electrons. The number of rotatable bonds is 2. The lowest BCUT2D eigenvalue weighted by Crippen LogP contribution is -2.40. The van der Waals surface area contributed by atoms with Gasteiger partial charge < -0.3 is 0 Å². The van der Waals surface area contributed by atoms with Gasteiger partial charge in [-0.25, -0.2) is 0 Å². The lowest BCUT2D eigenvalue weighted by atomic mass is 9.77. The maximum Gasteiger partial charge on any atom is 0.232 e. The van der Waals surface area contributed by atoms with Crippen LogP contribution in [0.4, 0.5) is 5.69 Å². The summed E-state index contributed by atoms with van der Waals surface area (Å²) in [5.74, 6) is -0.0225. The van der Waals surface area contributed by atoms with Gasteiger partial charge in [0.1, 0.15) is 0 Å². The molecule has 0 saturated carbocycles. The molecule has 3 nitrogen and oxygen atoms in total. The van der Waals surface area contributed by atoms with E-state index in [0.29, 0.717) is 11.4 Å². The van der Waals surface area contributed by atoms with Gasteiger partial charge in [0, 0.05) is 39.5 Å². The highest BCUT2D eigenvalue weighted by Gasteiger charge is 2.40. The molecule has 1 aliphatic carbocycles. The maximum atomic E-state index is 13.2. The highest BCUT2D eigenvalue weighted by molar-refractivity contribution is 9.10. The molecule has 5 heteroatoms. The van der Waals surface area contributed by atoms with Gasteiger partial charge in [0.25, 0.3) is 0 Å². The van der Waals surface area contributed by atoms with Crippen LogP contribution in [-0.4, -0.2) is 11.7 Å². The van der Waals surface area contributed by atoms with Crippen LogP contribution in [-0.2, 0) is 9.59 Å². The average molecular weight is 445 g/mol. The molecular weight excluding hydrogens is 426 g/mol. The second-order valence-corrected chi connectivity index (χ2v) is 8.38. The van der Waals surface area contributed by atoms with Gasteiger partial charge >= 0.3 is 0 Å². The van der Waals surface area contributed by atoms with Crippen molar-refractivity contribution in [2.75, 3.05) is 4.90 Å². The maximum absolute atomic E-state index is 13.2. The first-order chi connectivity index (χ1) is 13.0. The van der Waals surface area contributed by atoms with Crippen LogP contribution in [0.2, 0.25) is 5.02 Å². The van der Waals surface area contributed by atoms with Crippen LogP contribution in [0.25, 0.3) is 0 Å². The zero-order chi connectivity index (χ0) is 19.1. The predicted octanol–water partition coefficient (Wildman–Crippen LogP) is 5.94. The molecule has 27 heavy (non-hydrogen) atoms. The number of nitrogens with zero attached hydrogens (tertiary/aromatic N) is 1. The van der Waals surface area contributed by atoms with Crippen LogP contribution >= 0.6 is 27.5 Å². The van der Waals surface area contributed by atoms with Gasteiger partial charge in [0.15, 0.2) is 5.78 Å². The normalized spacial score (nSPS) is 20.1. The van der Waals surface area contributed by atoms with Crippen molar-refractivity contribution >= 4 is 44.9 Å². The predicted molar refractivity (Wildman–Crippen MR) is 111 cm³/mol. The molecule has 0 radical (unpaired) electrons. The van der Waals surface area contributed by atoms with Crippen LogP contribution in [0.15, 0.2) is 58.2 Å². The molecule has 0 aromatic heterocycles. The van der Waals surface area contributed by atoms with E-state index in [1.165, 1.54) is 0 Å². The Balaban J connectivity index is 1.90. The Bertz CT molecular complexity index is 982. The number of Topliss-reactive ketones (excluding diaryl/α,β-unsaturated/α-hetero) is 1. The minimum Gasteiger partial charge on any atom is -0.294 e. The number of carbonyl (C=O) groups is 2. The standard InChI is InChI=1S/C22H19BrClNO2/c1-13-17(24)7-3-8-18(13)25-19-9-4-10-20(26)22(19)16(12-21(25)27)14-5-2-6-15(23)11-14/h2-3,5-8,11,16H,4,9-10,12H2,1H3. The number of benzene rings is 2. The van der Waals surface area contributed by atoms with Gasteiger partial charge in [-0.3, -0.25) is 14.5 Å². The first-order valence-corrected chi connectivity index (χ1v) is 10.2. The van der Waals surface area contributed by atoms with E-state index < -0.39 is 0 Å². The molecule has 1 unspecified atom stereocenters. The van der Waals surface area contributed by atoms with Gasteiger partial charge in [0.2, 0.25) is 5.91 Å². The summed E-state index contributed by atoms with van der Waals surface area (Å²) in [4.78, 5) is 27.9.